The molecule has 8 nitrogen and oxygen atoms in total. The van der Waals surface area contributed by atoms with E-state index in [1.807, 2.05) is 0 Å². The molecule has 2 heterocycles. The highest BCUT2D eigenvalue weighted by Gasteiger charge is 2.17. The number of para-hydroxylation sites is 1. The lowest BCUT2D eigenvalue weighted by Crippen LogP contribution is -2.41. The van der Waals surface area contributed by atoms with E-state index in [2.05, 4.69) is 15.5 Å². The molecule has 1 aliphatic heterocycles. The summed E-state index contributed by atoms with van der Waals surface area (Å²) in [6.45, 7) is 4.47. The molecule has 0 bridgehead atoms. The number of methoxy groups -OCH3 is 1. The molecule has 2 N–H and O–H groups in total. The van der Waals surface area contributed by atoms with Crippen LogP contribution in [0.25, 0.3) is 0 Å². The molecule has 0 radical (unpaired) electrons. The number of morpholine rings is 1. The van der Waals surface area contributed by atoms with Crippen molar-refractivity contribution in [3.63, 3.8) is 0 Å². The molecule has 3 rings (SSSR count). The van der Waals surface area contributed by atoms with E-state index in [0.717, 1.165) is 32.8 Å². The van der Waals surface area contributed by atoms with Gasteiger partial charge in [0, 0.05) is 32.2 Å². The van der Waals surface area contributed by atoms with Crippen molar-refractivity contribution in [1.82, 2.24) is 10.2 Å². The lowest BCUT2D eigenvalue weighted by atomic mass is 10.1. The summed E-state index contributed by atoms with van der Waals surface area (Å²) < 4.78 is 15.5. The van der Waals surface area contributed by atoms with Gasteiger partial charge in [-0.05, 0) is 18.2 Å². The highest BCUT2D eigenvalue weighted by Crippen LogP contribution is 2.19. The minimum atomic E-state index is -0.452. The molecule has 1 saturated heterocycles. The van der Waals surface area contributed by atoms with Crippen LogP contribution in [-0.4, -0.2) is 63.2 Å². The quantitative estimate of drug-likeness (QED) is 0.766. The van der Waals surface area contributed by atoms with E-state index in [4.69, 9.17) is 13.9 Å². The van der Waals surface area contributed by atoms with Crippen molar-refractivity contribution < 1.29 is 23.5 Å². The second kappa shape index (κ2) is 9.20. The summed E-state index contributed by atoms with van der Waals surface area (Å²) in [6.07, 6.45) is 0. The van der Waals surface area contributed by atoms with Gasteiger partial charge >= 0.3 is 0 Å². The number of hydrogen-bond acceptors (Lipinski definition) is 6. The molecule has 0 spiro atoms. The Morgan fingerprint density at radius 1 is 1.11 bits per heavy atom. The third kappa shape index (κ3) is 5.08. The first kappa shape index (κ1) is 18.9. The molecule has 2 aromatic rings. The number of hydrogen-bond donors (Lipinski definition) is 2. The second-order valence-electron chi connectivity index (χ2n) is 6.03. The van der Waals surface area contributed by atoms with E-state index in [-0.39, 0.29) is 17.6 Å². The Bertz CT molecular complexity index is 783. The predicted molar refractivity (Wildman–Crippen MR) is 99.2 cm³/mol. The summed E-state index contributed by atoms with van der Waals surface area (Å²) in [5.74, 6) is -0.341. The molecular weight excluding hydrogens is 350 g/mol. The van der Waals surface area contributed by atoms with E-state index in [1.54, 1.807) is 30.3 Å². The molecule has 0 saturated carbocycles. The zero-order valence-corrected chi connectivity index (χ0v) is 15.2. The van der Waals surface area contributed by atoms with E-state index in [9.17, 15) is 9.59 Å². The van der Waals surface area contributed by atoms with Crippen LogP contribution in [0.1, 0.15) is 20.9 Å². The minimum absolute atomic E-state index is 0.106. The maximum atomic E-state index is 12.5. The first-order valence-corrected chi connectivity index (χ1v) is 8.80. The van der Waals surface area contributed by atoms with E-state index in [0.29, 0.717) is 17.8 Å². The zero-order chi connectivity index (χ0) is 19.1. The van der Waals surface area contributed by atoms with Crippen molar-refractivity contribution in [2.45, 2.75) is 0 Å². The molecule has 8 heteroatoms. The Morgan fingerprint density at radius 2 is 1.89 bits per heavy atom. The van der Waals surface area contributed by atoms with Gasteiger partial charge < -0.3 is 24.5 Å². The Morgan fingerprint density at radius 3 is 2.63 bits per heavy atom. The average molecular weight is 373 g/mol. The number of benzene rings is 1. The fourth-order valence-corrected chi connectivity index (χ4v) is 2.77. The van der Waals surface area contributed by atoms with Gasteiger partial charge in [-0.15, -0.1) is 0 Å². The van der Waals surface area contributed by atoms with Crippen LogP contribution in [0.5, 0.6) is 5.95 Å². The van der Waals surface area contributed by atoms with Gasteiger partial charge in [-0.2, -0.15) is 0 Å². The number of nitrogens with zero attached hydrogens (tertiary/aromatic N) is 1. The van der Waals surface area contributed by atoms with E-state index in [1.165, 1.54) is 13.2 Å². The van der Waals surface area contributed by atoms with Crippen LogP contribution in [0.2, 0.25) is 0 Å². The van der Waals surface area contributed by atoms with Gasteiger partial charge in [0.05, 0.1) is 31.6 Å². The highest BCUT2D eigenvalue weighted by molar-refractivity contribution is 6.07. The SMILES string of the molecule is COc1ccc(C(=O)Nc2ccccc2C(=O)NCCN2CCOCC2)o1. The number of carbonyl (C=O) groups excluding carboxylic acids is 2. The molecule has 0 aliphatic carbocycles. The summed E-state index contributed by atoms with van der Waals surface area (Å²) in [5.41, 5.74) is 0.813. The highest BCUT2D eigenvalue weighted by atomic mass is 16.6. The standard InChI is InChI=1S/C19H23N3O5/c1-25-17-7-6-16(27-17)19(24)21-15-5-3-2-4-14(15)18(23)20-8-9-22-10-12-26-13-11-22/h2-7H,8-13H2,1H3,(H,20,23)(H,21,24). The van der Waals surface area contributed by atoms with Crippen molar-refractivity contribution in [1.29, 1.82) is 0 Å². The van der Waals surface area contributed by atoms with Crippen LogP contribution in [0.15, 0.2) is 40.8 Å². The van der Waals surface area contributed by atoms with Gasteiger partial charge in [0.15, 0.2) is 5.76 Å². The largest absolute Gasteiger partial charge is 0.468 e. The minimum Gasteiger partial charge on any atom is -0.468 e. The molecular formula is C19H23N3O5. The first-order valence-electron chi connectivity index (χ1n) is 8.80. The Labute approximate surface area is 157 Å². The first-order chi connectivity index (χ1) is 13.2. The molecule has 0 atom stereocenters. The topological polar surface area (TPSA) is 93.0 Å². The third-order valence-corrected chi connectivity index (χ3v) is 4.24. The van der Waals surface area contributed by atoms with Crippen LogP contribution >= 0.6 is 0 Å². The van der Waals surface area contributed by atoms with Crippen LogP contribution in [0.3, 0.4) is 0 Å². The summed E-state index contributed by atoms with van der Waals surface area (Å²) in [6, 6.07) is 9.92. The normalized spacial score (nSPS) is 14.6. The van der Waals surface area contributed by atoms with E-state index < -0.39 is 5.91 Å². The van der Waals surface area contributed by atoms with Crippen molar-refractivity contribution in [3.05, 3.63) is 47.7 Å². The number of furan rings is 1. The van der Waals surface area contributed by atoms with Crippen molar-refractivity contribution >= 4 is 17.5 Å². The number of ether oxygens (including phenoxy) is 2. The van der Waals surface area contributed by atoms with Gasteiger partial charge in [-0.1, -0.05) is 12.1 Å². The summed E-state index contributed by atoms with van der Waals surface area (Å²) >= 11 is 0. The lowest BCUT2D eigenvalue weighted by molar-refractivity contribution is 0.0383. The Hall–Kier alpha value is -2.84. The van der Waals surface area contributed by atoms with Crippen LogP contribution in [0.4, 0.5) is 5.69 Å². The van der Waals surface area contributed by atoms with Crippen LogP contribution < -0.4 is 15.4 Å². The number of carbonyl (C=O) groups is 2. The van der Waals surface area contributed by atoms with Gasteiger partial charge in [0.2, 0.25) is 0 Å². The van der Waals surface area contributed by atoms with Crippen LogP contribution in [-0.2, 0) is 4.74 Å². The molecule has 1 aliphatic rings. The predicted octanol–water partition coefficient (Wildman–Crippen LogP) is 1.60. The maximum absolute atomic E-state index is 12.5. The van der Waals surface area contributed by atoms with Crippen LogP contribution in [0, 0.1) is 0 Å². The Kier molecular flexibility index (Phi) is 6.45. The monoisotopic (exact) mass is 373 g/mol. The maximum Gasteiger partial charge on any atom is 0.291 e. The van der Waals surface area contributed by atoms with Crippen molar-refractivity contribution in [2.24, 2.45) is 0 Å². The number of rotatable bonds is 7. The zero-order valence-electron chi connectivity index (χ0n) is 15.2. The van der Waals surface area contributed by atoms with Gasteiger partial charge in [0.1, 0.15) is 0 Å². The molecule has 1 aromatic heterocycles. The molecule has 1 aromatic carbocycles. The number of anilines is 1. The van der Waals surface area contributed by atoms with Gasteiger partial charge in [-0.3, -0.25) is 14.5 Å². The molecule has 144 valence electrons. The summed E-state index contributed by atoms with van der Waals surface area (Å²) in [7, 11) is 1.46. The molecule has 0 unspecified atom stereocenters. The smallest absolute Gasteiger partial charge is 0.291 e. The lowest BCUT2D eigenvalue weighted by Gasteiger charge is -2.26. The molecule has 27 heavy (non-hydrogen) atoms. The van der Waals surface area contributed by atoms with E-state index >= 15 is 0 Å². The summed E-state index contributed by atoms with van der Waals surface area (Å²) in [4.78, 5) is 27.1. The van der Waals surface area contributed by atoms with Gasteiger partial charge in [0.25, 0.3) is 17.8 Å². The van der Waals surface area contributed by atoms with Crippen molar-refractivity contribution in [3.8, 4) is 5.95 Å². The number of amides is 2. The fourth-order valence-electron chi connectivity index (χ4n) is 2.77. The Balaban J connectivity index is 1.58. The average Bonchev–Trinajstić information content (AvgIpc) is 3.18. The second-order valence-corrected chi connectivity index (χ2v) is 6.03. The third-order valence-electron chi connectivity index (χ3n) is 4.24. The summed E-state index contributed by atoms with van der Waals surface area (Å²) in [5, 5.41) is 5.61. The van der Waals surface area contributed by atoms with Gasteiger partial charge in [-0.25, -0.2) is 0 Å². The number of nitrogens with one attached hydrogen (secondary N) is 2. The molecule has 1 fully saturated rings. The van der Waals surface area contributed by atoms with Crippen molar-refractivity contribution in [2.75, 3.05) is 51.8 Å². The molecule has 2 amide bonds. The fraction of sp³-hybridized carbons (Fsp3) is 0.368.